The summed E-state index contributed by atoms with van der Waals surface area (Å²) in [5, 5.41) is 4.65. The third kappa shape index (κ3) is 6.43. The number of carbonyl (C=O) groups excluding carboxylic acids is 2. The molecule has 0 unspecified atom stereocenters. The van der Waals surface area contributed by atoms with Crippen LogP contribution in [0.15, 0.2) is 46.7 Å². The maximum absolute atomic E-state index is 12.6. The number of sulfonamides is 1. The number of benzene rings is 1. The number of thiophene rings is 1. The monoisotopic (exact) mass is 423 g/mol. The summed E-state index contributed by atoms with van der Waals surface area (Å²) in [5.74, 6) is -0.718. The van der Waals surface area contributed by atoms with Gasteiger partial charge in [0, 0.05) is 29.6 Å². The van der Waals surface area contributed by atoms with Crippen molar-refractivity contribution in [2.75, 3.05) is 13.6 Å². The molecule has 1 heterocycles. The van der Waals surface area contributed by atoms with Gasteiger partial charge >= 0.3 is 0 Å². The molecule has 152 valence electrons. The van der Waals surface area contributed by atoms with Crippen LogP contribution in [0.3, 0.4) is 0 Å². The van der Waals surface area contributed by atoms with Gasteiger partial charge in [0.25, 0.3) is 5.91 Å². The Kier molecular flexibility index (Phi) is 6.97. The summed E-state index contributed by atoms with van der Waals surface area (Å²) in [7, 11) is -2.26. The molecule has 1 aromatic carbocycles. The summed E-state index contributed by atoms with van der Waals surface area (Å²) in [4.78, 5) is 26.8. The second-order valence-corrected chi connectivity index (χ2v) is 10.2. The summed E-state index contributed by atoms with van der Waals surface area (Å²) in [6.45, 7) is 5.62. The predicted molar refractivity (Wildman–Crippen MR) is 110 cm³/mol. The van der Waals surface area contributed by atoms with Crippen molar-refractivity contribution in [2.24, 2.45) is 0 Å². The number of nitrogens with one attached hydrogen (secondary N) is 2. The molecular formula is C19H25N3O4S2. The Labute approximate surface area is 169 Å². The van der Waals surface area contributed by atoms with Crippen LogP contribution in [0.1, 0.15) is 36.0 Å². The number of carbonyl (C=O) groups is 2. The molecule has 0 fully saturated rings. The lowest BCUT2D eigenvalue weighted by Crippen LogP contribution is -2.46. The van der Waals surface area contributed by atoms with E-state index in [0.29, 0.717) is 0 Å². The number of hydrogen-bond acceptors (Lipinski definition) is 5. The molecule has 0 aliphatic carbocycles. The third-order valence-corrected chi connectivity index (χ3v) is 5.93. The third-order valence-electron chi connectivity index (χ3n) is 3.65. The molecular weight excluding hydrogens is 398 g/mol. The lowest BCUT2D eigenvalue weighted by Gasteiger charge is -2.23. The minimum Gasteiger partial charge on any atom is -0.350 e. The van der Waals surface area contributed by atoms with Gasteiger partial charge in [-0.2, -0.15) is 0 Å². The Hall–Kier alpha value is -2.23. The van der Waals surface area contributed by atoms with E-state index in [1.165, 1.54) is 47.5 Å². The van der Waals surface area contributed by atoms with E-state index >= 15 is 0 Å². The van der Waals surface area contributed by atoms with Crippen LogP contribution in [0, 0.1) is 0 Å². The Morgan fingerprint density at radius 2 is 1.86 bits per heavy atom. The standard InChI is InChI=1S/C19H25N3O4S2/c1-19(2,3)21-17(23)13-22(4)18(24)14-7-5-9-16(11-14)28(25,26)20-12-15-8-6-10-27-15/h5-11,20H,12-13H2,1-4H3,(H,21,23). The molecule has 0 saturated carbocycles. The quantitative estimate of drug-likeness (QED) is 0.714. The lowest BCUT2D eigenvalue weighted by molar-refractivity contribution is -0.122. The highest BCUT2D eigenvalue weighted by atomic mass is 32.2. The van der Waals surface area contributed by atoms with E-state index in [1.54, 1.807) is 0 Å². The summed E-state index contributed by atoms with van der Waals surface area (Å²) in [6.07, 6.45) is 0. The average molecular weight is 424 g/mol. The van der Waals surface area contributed by atoms with Crippen molar-refractivity contribution in [3.63, 3.8) is 0 Å². The molecule has 0 spiro atoms. The summed E-state index contributed by atoms with van der Waals surface area (Å²) in [5.41, 5.74) is -0.200. The second kappa shape index (κ2) is 8.85. The van der Waals surface area contributed by atoms with Crippen molar-refractivity contribution < 1.29 is 18.0 Å². The predicted octanol–water partition coefficient (Wildman–Crippen LogP) is 2.21. The normalized spacial score (nSPS) is 11.9. The van der Waals surface area contributed by atoms with Crippen LogP contribution in [0.5, 0.6) is 0 Å². The van der Waals surface area contributed by atoms with E-state index in [-0.39, 0.29) is 29.5 Å². The Bertz CT molecular complexity index is 932. The van der Waals surface area contributed by atoms with E-state index in [9.17, 15) is 18.0 Å². The van der Waals surface area contributed by atoms with Crippen molar-refractivity contribution in [1.82, 2.24) is 14.9 Å². The molecule has 0 radical (unpaired) electrons. The van der Waals surface area contributed by atoms with Gasteiger partial charge in [-0.25, -0.2) is 13.1 Å². The zero-order valence-corrected chi connectivity index (χ0v) is 18.0. The molecule has 0 aliphatic heterocycles. The van der Waals surface area contributed by atoms with E-state index in [4.69, 9.17) is 0 Å². The first-order valence-corrected chi connectivity index (χ1v) is 11.0. The van der Waals surface area contributed by atoms with Gasteiger partial charge in [-0.05, 0) is 50.4 Å². The molecule has 0 bridgehead atoms. The molecule has 0 saturated heterocycles. The fourth-order valence-electron chi connectivity index (χ4n) is 2.42. The Morgan fingerprint density at radius 1 is 1.14 bits per heavy atom. The molecule has 7 nitrogen and oxygen atoms in total. The van der Waals surface area contributed by atoms with Gasteiger partial charge in [0.05, 0.1) is 11.4 Å². The molecule has 28 heavy (non-hydrogen) atoms. The Morgan fingerprint density at radius 3 is 2.46 bits per heavy atom. The van der Waals surface area contributed by atoms with E-state index in [0.717, 1.165) is 4.88 Å². The summed E-state index contributed by atoms with van der Waals surface area (Å²) in [6, 6.07) is 9.47. The molecule has 2 amide bonds. The topological polar surface area (TPSA) is 95.6 Å². The van der Waals surface area contributed by atoms with Crippen LogP contribution in [0.25, 0.3) is 0 Å². The lowest BCUT2D eigenvalue weighted by atomic mass is 10.1. The molecule has 1 aromatic heterocycles. The number of amides is 2. The summed E-state index contributed by atoms with van der Waals surface area (Å²) < 4.78 is 27.5. The maximum atomic E-state index is 12.6. The molecule has 2 rings (SSSR count). The highest BCUT2D eigenvalue weighted by Crippen LogP contribution is 2.15. The van der Waals surface area contributed by atoms with E-state index in [1.807, 2.05) is 38.3 Å². The zero-order chi connectivity index (χ0) is 20.9. The average Bonchev–Trinajstić information content (AvgIpc) is 3.11. The Balaban J connectivity index is 2.08. The highest BCUT2D eigenvalue weighted by Gasteiger charge is 2.21. The van der Waals surface area contributed by atoms with Gasteiger partial charge in [0.2, 0.25) is 15.9 Å². The van der Waals surface area contributed by atoms with Crippen molar-refractivity contribution in [3.8, 4) is 0 Å². The van der Waals surface area contributed by atoms with Crippen molar-refractivity contribution >= 4 is 33.2 Å². The van der Waals surface area contributed by atoms with E-state index < -0.39 is 21.5 Å². The second-order valence-electron chi connectivity index (χ2n) is 7.39. The van der Waals surface area contributed by atoms with Crippen LogP contribution >= 0.6 is 11.3 Å². The minimum absolute atomic E-state index is 0.00227. The molecule has 9 heteroatoms. The molecule has 2 aromatic rings. The first kappa shape index (κ1) is 22.1. The summed E-state index contributed by atoms with van der Waals surface area (Å²) >= 11 is 1.45. The van der Waals surface area contributed by atoms with Gasteiger partial charge in [-0.3, -0.25) is 9.59 Å². The first-order valence-electron chi connectivity index (χ1n) is 8.66. The van der Waals surface area contributed by atoms with Gasteiger partial charge in [-0.1, -0.05) is 12.1 Å². The van der Waals surface area contributed by atoms with Gasteiger partial charge in [0.15, 0.2) is 0 Å². The van der Waals surface area contributed by atoms with Crippen LogP contribution in [-0.4, -0.2) is 44.3 Å². The molecule has 0 aliphatic rings. The van der Waals surface area contributed by atoms with Crippen molar-refractivity contribution in [1.29, 1.82) is 0 Å². The fourth-order valence-corrected chi connectivity index (χ4v) is 4.21. The van der Waals surface area contributed by atoms with E-state index in [2.05, 4.69) is 10.0 Å². The highest BCUT2D eigenvalue weighted by molar-refractivity contribution is 7.89. The number of likely N-dealkylation sites (N-methyl/N-ethyl adjacent to an activating group) is 1. The minimum atomic E-state index is -3.76. The largest absolute Gasteiger partial charge is 0.350 e. The van der Waals surface area contributed by atoms with Crippen LogP contribution < -0.4 is 10.0 Å². The number of hydrogen-bond donors (Lipinski definition) is 2. The smallest absolute Gasteiger partial charge is 0.254 e. The van der Waals surface area contributed by atoms with Crippen LogP contribution in [-0.2, 0) is 21.4 Å². The SMILES string of the molecule is CN(CC(=O)NC(C)(C)C)C(=O)c1cccc(S(=O)(=O)NCc2cccs2)c1. The number of rotatable bonds is 7. The van der Waals surface area contributed by atoms with Crippen LogP contribution in [0.2, 0.25) is 0 Å². The van der Waals surface area contributed by atoms with Crippen molar-refractivity contribution in [2.45, 2.75) is 37.8 Å². The van der Waals surface area contributed by atoms with Gasteiger partial charge in [-0.15, -0.1) is 11.3 Å². The number of nitrogens with zero attached hydrogens (tertiary/aromatic N) is 1. The zero-order valence-electron chi connectivity index (χ0n) is 16.4. The maximum Gasteiger partial charge on any atom is 0.254 e. The van der Waals surface area contributed by atoms with Crippen molar-refractivity contribution in [3.05, 3.63) is 52.2 Å². The fraction of sp³-hybridized carbons (Fsp3) is 0.368. The van der Waals surface area contributed by atoms with Gasteiger partial charge < -0.3 is 10.2 Å². The molecule has 2 N–H and O–H groups in total. The van der Waals surface area contributed by atoms with Crippen LogP contribution in [0.4, 0.5) is 0 Å². The first-order chi connectivity index (χ1) is 13.0. The van der Waals surface area contributed by atoms with Gasteiger partial charge in [0.1, 0.15) is 0 Å². The molecule has 0 atom stereocenters.